The number of aromatic amines is 1. The van der Waals surface area contributed by atoms with Crippen LogP contribution in [0.2, 0.25) is 0 Å². The van der Waals surface area contributed by atoms with Crippen molar-refractivity contribution in [1.82, 2.24) is 19.3 Å². The van der Waals surface area contributed by atoms with Crippen LogP contribution in [0.15, 0.2) is 32.7 Å². The third-order valence-corrected chi connectivity index (χ3v) is 2.97. The molecule has 0 amide bonds. The van der Waals surface area contributed by atoms with Crippen LogP contribution in [0.4, 0.5) is 0 Å². The minimum Gasteiger partial charge on any atom is -0.313 e. The van der Waals surface area contributed by atoms with E-state index in [1.165, 1.54) is 6.20 Å². The van der Waals surface area contributed by atoms with Gasteiger partial charge >= 0.3 is 5.69 Å². The van der Waals surface area contributed by atoms with E-state index in [1.807, 2.05) is 13.2 Å². The lowest BCUT2D eigenvalue weighted by Crippen LogP contribution is -2.35. The number of rotatable bonds is 3. The fourth-order valence-electron chi connectivity index (χ4n) is 1.53. The van der Waals surface area contributed by atoms with Crippen LogP contribution in [-0.2, 0) is 20.0 Å². The molecular weight excluding hydrogens is 288 g/mol. The van der Waals surface area contributed by atoms with Gasteiger partial charge < -0.3 is 4.98 Å². The third-order valence-electron chi connectivity index (χ3n) is 2.40. The van der Waals surface area contributed by atoms with Gasteiger partial charge in [0, 0.05) is 26.0 Å². The van der Waals surface area contributed by atoms with Crippen molar-refractivity contribution in [3.63, 3.8) is 0 Å². The number of H-pyrrole nitrogens is 1. The van der Waals surface area contributed by atoms with E-state index in [9.17, 15) is 9.59 Å². The highest BCUT2D eigenvalue weighted by Crippen LogP contribution is 2.00. The summed E-state index contributed by atoms with van der Waals surface area (Å²) in [6.07, 6.45) is 5.52. The monoisotopic (exact) mass is 298 g/mol. The lowest BCUT2D eigenvalue weighted by Gasteiger charge is -2.02. The number of aromatic nitrogens is 4. The van der Waals surface area contributed by atoms with Crippen LogP contribution in [0.1, 0.15) is 5.56 Å². The molecule has 17 heavy (non-hydrogen) atoms. The van der Waals surface area contributed by atoms with E-state index < -0.39 is 5.69 Å². The van der Waals surface area contributed by atoms with Crippen molar-refractivity contribution in [2.45, 2.75) is 13.0 Å². The van der Waals surface area contributed by atoms with Gasteiger partial charge in [-0.3, -0.25) is 14.0 Å². The van der Waals surface area contributed by atoms with E-state index in [0.29, 0.717) is 17.4 Å². The van der Waals surface area contributed by atoms with E-state index in [2.05, 4.69) is 26.0 Å². The second-order valence-electron chi connectivity index (χ2n) is 3.67. The lowest BCUT2D eigenvalue weighted by atomic mass is 10.2. The van der Waals surface area contributed by atoms with Gasteiger partial charge in [0.15, 0.2) is 0 Å². The molecule has 0 saturated heterocycles. The van der Waals surface area contributed by atoms with Crippen LogP contribution >= 0.6 is 15.9 Å². The quantitative estimate of drug-likeness (QED) is 0.884. The van der Waals surface area contributed by atoms with Gasteiger partial charge in [0.25, 0.3) is 5.56 Å². The Labute approximate surface area is 105 Å². The number of halogens is 1. The molecule has 0 bridgehead atoms. The Kier molecular flexibility index (Phi) is 3.28. The van der Waals surface area contributed by atoms with E-state index in [-0.39, 0.29) is 5.56 Å². The van der Waals surface area contributed by atoms with E-state index in [4.69, 9.17) is 0 Å². The molecule has 0 spiro atoms. The van der Waals surface area contributed by atoms with Gasteiger partial charge in [-0.05, 0) is 27.9 Å². The molecule has 90 valence electrons. The van der Waals surface area contributed by atoms with Crippen molar-refractivity contribution >= 4 is 15.9 Å². The number of aryl methyl sites for hydroxylation is 2. The average Bonchev–Trinajstić information content (AvgIpc) is 2.70. The van der Waals surface area contributed by atoms with Crippen LogP contribution in [0.5, 0.6) is 0 Å². The summed E-state index contributed by atoms with van der Waals surface area (Å²) in [5.74, 6) is 0. The normalized spacial score (nSPS) is 10.7. The van der Waals surface area contributed by atoms with Gasteiger partial charge in [-0.15, -0.1) is 0 Å². The zero-order valence-corrected chi connectivity index (χ0v) is 10.8. The van der Waals surface area contributed by atoms with E-state index in [1.54, 1.807) is 10.9 Å². The molecule has 1 N–H and O–H groups in total. The Hall–Kier alpha value is -1.63. The maximum atomic E-state index is 11.7. The average molecular weight is 299 g/mol. The molecule has 0 unspecified atom stereocenters. The summed E-state index contributed by atoms with van der Waals surface area (Å²) in [4.78, 5) is 25.7. The van der Waals surface area contributed by atoms with E-state index in [0.717, 1.165) is 10.1 Å². The SMILES string of the molecule is Cn1cc(CCn2c(=O)[nH]cc(Br)c2=O)cn1. The minimum atomic E-state index is -0.401. The topological polar surface area (TPSA) is 72.7 Å². The van der Waals surface area contributed by atoms with Crippen molar-refractivity contribution in [2.24, 2.45) is 7.05 Å². The van der Waals surface area contributed by atoms with Crippen molar-refractivity contribution in [2.75, 3.05) is 0 Å². The zero-order chi connectivity index (χ0) is 12.4. The Bertz CT molecular complexity index is 640. The maximum absolute atomic E-state index is 11.7. The summed E-state index contributed by atoms with van der Waals surface area (Å²) < 4.78 is 3.20. The van der Waals surface area contributed by atoms with Crippen molar-refractivity contribution < 1.29 is 0 Å². The summed E-state index contributed by atoms with van der Waals surface area (Å²) in [5, 5.41) is 4.03. The van der Waals surface area contributed by atoms with Crippen LogP contribution in [0.3, 0.4) is 0 Å². The first-order chi connectivity index (χ1) is 8.08. The summed E-state index contributed by atoms with van der Waals surface area (Å²) in [7, 11) is 1.82. The molecule has 2 rings (SSSR count). The second-order valence-corrected chi connectivity index (χ2v) is 4.53. The summed E-state index contributed by atoms with van der Waals surface area (Å²) in [6, 6.07) is 0. The van der Waals surface area contributed by atoms with Crippen LogP contribution in [0.25, 0.3) is 0 Å². The molecule has 0 saturated carbocycles. The van der Waals surface area contributed by atoms with Gasteiger partial charge in [0.2, 0.25) is 0 Å². The Morgan fingerprint density at radius 2 is 2.24 bits per heavy atom. The highest BCUT2D eigenvalue weighted by Gasteiger charge is 2.05. The second kappa shape index (κ2) is 4.70. The summed E-state index contributed by atoms with van der Waals surface area (Å²) in [6.45, 7) is 0.333. The molecular formula is C10H11BrN4O2. The summed E-state index contributed by atoms with van der Waals surface area (Å²) >= 11 is 3.09. The minimum absolute atomic E-state index is 0.322. The molecule has 0 aliphatic carbocycles. The maximum Gasteiger partial charge on any atom is 0.328 e. The fraction of sp³-hybridized carbons (Fsp3) is 0.300. The van der Waals surface area contributed by atoms with E-state index >= 15 is 0 Å². The van der Waals surface area contributed by atoms with Gasteiger partial charge in [0.1, 0.15) is 0 Å². The largest absolute Gasteiger partial charge is 0.328 e. The first-order valence-electron chi connectivity index (χ1n) is 5.03. The molecule has 6 nitrogen and oxygen atoms in total. The standard InChI is InChI=1S/C10H11BrN4O2/c1-14-6-7(4-13-14)2-3-15-9(16)8(11)5-12-10(15)17/h4-6H,2-3H2,1H3,(H,12,17). The van der Waals surface area contributed by atoms with Crippen molar-refractivity contribution in [1.29, 1.82) is 0 Å². The first-order valence-corrected chi connectivity index (χ1v) is 5.83. The predicted molar refractivity (Wildman–Crippen MR) is 65.9 cm³/mol. The molecule has 0 aliphatic heterocycles. The molecule has 2 aromatic heterocycles. The van der Waals surface area contributed by atoms with Gasteiger partial charge in [-0.1, -0.05) is 0 Å². The molecule has 0 atom stereocenters. The number of nitrogens with zero attached hydrogens (tertiary/aromatic N) is 3. The van der Waals surface area contributed by atoms with Crippen LogP contribution in [-0.4, -0.2) is 19.3 Å². The van der Waals surface area contributed by atoms with Crippen LogP contribution < -0.4 is 11.2 Å². The molecule has 2 aromatic rings. The molecule has 0 aromatic carbocycles. The van der Waals surface area contributed by atoms with Crippen LogP contribution in [0, 0.1) is 0 Å². The zero-order valence-electron chi connectivity index (χ0n) is 9.18. The van der Waals surface area contributed by atoms with Gasteiger partial charge in [-0.25, -0.2) is 4.79 Å². The number of hydrogen-bond donors (Lipinski definition) is 1. The lowest BCUT2D eigenvalue weighted by molar-refractivity contribution is 0.623. The Morgan fingerprint density at radius 1 is 1.47 bits per heavy atom. The highest BCUT2D eigenvalue weighted by atomic mass is 79.9. The van der Waals surface area contributed by atoms with Gasteiger partial charge in [-0.2, -0.15) is 5.10 Å². The molecule has 0 radical (unpaired) electrons. The van der Waals surface area contributed by atoms with Gasteiger partial charge in [0.05, 0.1) is 10.7 Å². The van der Waals surface area contributed by atoms with Crippen molar-refractivity contribution in [3.8, 4) is 0 Å². The van der Waals surface area contributed by atoms with Crippen molar-refractivity contribution in [3.05, 3.63) is 49.5 Å². The smallest absolute Gasteiger partial charge is 0.313 e. The number of nitrogens with one attached hydrogen (secondary N) is 1. The molecule has 2 heterocycles. The molecule has 0 aliphatic rings. The fourth-order valence-corrected chi connectivity index (χ4v) is 1.86. The molecule has 7 heteroatoms. The first kappa shape index (κ1) is 11.8. The Morgan fingerprint density at radius 3 is 2.88 bits per heavy atom. The Balaban J connectivity index is 2.22. The highest BCUT2D eigenvalue weighted by molar-refractivity contribution is 9.10. The predicted octanol–water partition coefficient (Wildman–Crippen LogP) is 0.275. The number of hydrogen-bond acceptors (Lipinski definition) is 3. The third kappa shape index (κ3) is 2.55. The summed E-state index contributed by atoms with van der Waals surface area (Å²) in [5.41, 5.74) is 0.263. The molecule has 0 fully saturated rings.